The third-order valence-electron chi connectivity index (χ3n) is 2.60. The third-order valence-corrected chi connectivity index (χ3v) is 2.60. The molecule has 0 aromatic heterocycles. The van der Waals surface area contributed by atoms with E-state index in [-0.39, 0.29) is 25.2 Å². The number of hydrogen-bond acceptors (Lipinski definition) is 5. The first kappa shape index (κ1) is 18.0. The first-order valence-corrected chi connectivity index (χ1v) is 7.23. The van der Waals surface area contributed by atoms with Gasteiger partial charge in [0.25, 0.3) is 0 Å². The van der Waals surface area contributed by atoms with Crippen LogP contribution in [0.1, 0.15) is 19.4 Å². The molecule has 1 aromatic carbocycles. The molecule has 0 aliphatic heterocycles. The van der Waals surface area contributed by atoms with Gasteiger partial charge in [0.1, 0.15) is 5.75 Å². The number of rotatable bonds is 9. The Hall–Kier alpha value is -2.05. The van der Waals surface area contributed by atoms with Crippen LogP contribution in [0.2, 0.25) is 0 Å². The third kappa shape index (κ3) is 7.10. The molecule has 122 valence electrons. The highest BCUT2D eigenvalue weighted by Crippen LogP contribution is 2.24. The van der Waals surface area contributed by atoms with Crippen LogP contribution in [-0.4, -0.2) is 43.5 Å². The lowest BCUT2D eigenvalue weighted by molar-refractivity contribution is -0.116. The lowest BCUT2D eigenvalue weighted by Crippen LogP contribution is -2.25. The number of anilines is 1. The first-order valence-electron chi connectivity index (χ1n) is 7.23. The second kappa shape index (κ2) is 9.81. The molecule has 0 bridgehead atoms. The summed E-state index contributed by atoms with van der Waals surface area (Å²) in [4.78, 5) is 11.6. The summed E-state index contributed by atoms with van der Waals surface area (Å²) in [7, 11) is 0. The summed E-state index contributed by atoms with van der Waals surface area (Å²) < 4.78 is 10.6. The molecule has 1 aromatic rings. The smallest absolute Gasteiger partial charge is 0.244 e. The fraction of sp³-hybridized carbons (Fsp3) is 0.438. The van der Waals surface area contributed by atoms with Crippen molar-refractivity contribution in [2.45, 2.75) is 20.0 Å². The Balaban J connectivity index is 2.45. The maximum Gasteiger partial charge on any atom is 0.244 e. The lowest BCUT2D eigenvalue weighted by Gasteiger charge is -2.12. The van der Waals surface area contributed by atoms with Crippen LogP contribution in [0.4, 0.5) is 5.69 Å². The normalized spacial score (nSPS) is 11.1. The van der Waals surface area contributed by atoms with E-state index in [1.165, 1.54) is 6.08 Å². The first-order chi connectivity index (χ1) is 10.5. The van der Waals surface area contributed by atoms with E-state index in [2.05, 4.69) is 5.32 Å². The number of hydrogen-bond donors (Lipinski definition) is 3. The Bertz CT molecular complexity index is 501. The second-order valence-electron chi connectivity index (χ2n) is 4.92. The highest BCUT2D eigenvalue weighted by molar-refractivity contribution is 5.91. The Labute approximate surface area is 130 Å². The number of carbonyl (C=O) groups is 1. The van der Waals surface area contributed by atoms with Crippen LogP contribution >= 0.6 is 0 Å². The molecular weight excluding hydrogens is 284 g/mol. The summed E-state index contributed by atoms with van der Waals surface area (Å²) in [6.07, 6.45) is 3.17. The number of aliphatic hydroxyl groups is 1. The monoisotopic (exact) mass is 308 g/mol. The SMILES string of the molecule is CC(C)Oc1ccc(/C=C\C(=O)NCCOCCO)cc1N. The molecule has 22 heavy (non-hydrogen) atoms. The Morgan fingerprint density at radius 1 is 1.41 bits per heavy atom. The van der Waals surface area contributed by atoms with Gasteiger partial charge in [0.2, 0.25) is 5.91 Å². The van der Waals surface area contributed by atoms with Gasteiger partial charge < -0.3 is 25.6 Å². The zero-order valence-electron chi connectivity index (χ0n) is 13.0. The number of benzene rings is 1. The summed E-state index contributed by atoms with van der Waals surface area (Å²) in [5.74, 6) is 0.423. The van der Waals surface area contributed by atoms with Crippen LogP contribution in [0, 0.1) is 0 Å². The van der Waals surface area contributed by atoms with Crippen molar-refractivity contribution in [1.29, 1.82) is 0 Å². The number of aliphatic hydroxyl groups excluding tert-OH is 1. The molecule has 0 spiro atoms. The predicted octanol–water partition coefficient (Wildman–Crippen LogP) is 1.19. The predicted molar refractivity (Wildman–Crippen MR) is 86.6 cm³/mol. The molecule has 0 radical (unpaired) electrons. The lowest BCUT2D eigenvalue weighted by atomic mass is 10.1. The Morgan fingerprint density at radius 3 is 2.82 bits per heavy atom. The average Bonchev–Trinajstić information content (AvgIpc) is 2.47. The van der Waals surface area contributed by atoms with Crippen molar-refractivity contribution in [3.8, 4) is 5.75 Å². The van der Waals surface area contributed by atoms with E-state index < -0.39 is 0 Å². The van der Waals surface area contributed by atoms with Crippen LogP contribution in [0.25, 0.3) is 6.08 Å². The van der Waals surface area contributed by atoms with Crippen molar-refractivity contribution in [3.05, 3.63) is 29.8 Å². The zero-order chi connectivity index (χ0) is 16.4. The number of nitrogen functional groups attached to an aromatic ring is 1. The van der Waals surface area contributed by atoms with Crippen LogP contribution < -0.4 is 15.8 Å². The van der Waals surface area contributed by atoms with E-state index >= 15 is 0 Å². The van der Waals surface area contributed by atoms with Gasteiger partial charge in [-0.15, -0.1) is 0 Å². The van der Waals surface area contributed by atoms with Gasteiger partial charge in [-0.1, -0.05) is 6.07 Å². The molecule has 0 aliphatic carbocycles. The molecule has 0 aliphatic rings. The number of ether oxygens (including phenoxy) is 2. The molecule has 0 fully saturated rings. The number of carbonyl (C=O) groups excluding carboxylic acids is 1. The van der Waals surface area contributed by atoms with Crippen molar-refractivity contribution in [2.24, 2.45) is 0 Å². The minimum Gasteiger partial charge on any atom is -0.489 e. The van der Waals surface area contributed by atoms with Crippen LogP contribution in [0.15, 0.2) is 24.3 Å². The molecule has 4 N–H and O–H groups in total. The van der Waals surface area contributed by atoms with Crippen LogP contribution in [0.5, 0.6) is 5.75 Å². The molecule has 0 unspecified atom stereocenters. The van der Waals surface area contributed by atoms with Gasteiger partial charge in [0, 0.05) is 12.6 Å². The number of nitrogens with two attached hydrogens (primary N) is 1. The van der Waals surface area contributed by atoms with Crippen LogP contribution in [-0.2, 0) is 9.53 Å². The summed E-state index contributed by atoms with van der Waals surface area (Å²) >= 11 is 0. The summed E-state index contributed by atoms with van der Waals surface area (Å²) in [6.45, 7) is 4.88. The molecule has 0 saturated heterocycles. The van der Waals surface area contributed by atoms with Crippen molar-refractivity contribution >= 4 is 17.7 Å². The quantitative estimate of drug-likeness (QED) is 0.362. The molecule has 6 heteroatoms. The standard InChI is InChI=1S/C16H24N2O4/c1-12(2)22-15-5-3-13(11-14(15)17)4-6-16(20)18-7-9-21-10-8-19/h3-6,11-12,19H,7-10,17H2,1-2H3,(H,18,20)/b6-4-. The summed E-state index contributed by atoms with van der Waals surface area (Å²) in [5.41, 5.74) is 7.26. The van der Waals surface area contributed by atoms with E-state index in [9.17, 15) is 4.79 Å². The van der Waals surface area contributed by atoms with E-state index in [0.717, 1.165) is 5.56 Å². The van der Waals surface area contributed by atoms with Crippen molar-refractivity contribution in [3.63, 3.8) is 0 Å². The van der Waals surface area contributed by atoms with Gasteiger partial charge in [-0.3, -0.25) is 4.79 Å². The van der Waals surface area contributed by atoms with Gasteiger partial charge in [-0.05, 0) is 37.6 Å². The van der Waals surface area contributed by atoms with Crippen molar-refractivity contribution in [1.82, 2.24) is 5.32 Å². The number of amides is 1. The van der Waals surface area contributed by atoms with Gasteiger partial charge >= 0.3 is 0 Å². The van der Waals surface area contributed by atoms with Crippen LogP contribution in [0.3, 0.4) is 0 Å². The minimum atomic E-state index is -0.214. The fourth-order valence-electron chi connectivity index (χ4n) is 1.68. The van der Waals surface area contributed by atoms with Gasteiger partial charge in [0.05, 0.1) is 31.6 Å². The molecule has 0 heterocycles. The van der Waals surface area contributed by atoms with E-state index in [0.29, 0.717) is 24.6 Å². The van der Waals surface area contributed by atoms with E-state index in [1.807, 2.05) is 19.9 Å². The Kier molecular flexibility index (Phi) is 8.03. The van der Waals surface area contributed by atoms with Crippen molar-refractivity contribution < 1.29 is 19.4 Å². The van der Waals surface area contributed by atoms with Gasteiger partial charge in [0.15, 0.2) is 0 Å². The highest BCUT2D eigenvalue weighted by Gasteiger charge is 2.03. The molecular formula is C16H24N2O4. The zero-order valence-corrected chi connectivity index (χ0v) is 13.0. The number of nitrogens with one attached hydrogen (secondary N) is 1. The second-order valence-corrected chi connectivity index (χ2v) is 4.92. The molecule has 1 amide bonds. The summed E-state index contributed by atoms with van der Waals surface area (Å²) in [6, 6.07) is 5.38. The maximum absolute atomic E-state index is 11.6. The summed E-state index contributed by atoms with van der Waals surface area (Å²) in [5, 5.41) is 11.2. The van der Waals surface area contributed by atoms with E-state index in [1.54, 1.807) is 18.2 Å². The average molecular weight is 308 g/mol. The molecule has 1 rings (SSSR count). The highest BCUT2D eigenvalue weighted by atomic mass is 16.5. The minimum absolute atomic E-state index is 0.0220. The molecule has 0 atom stereocenters. The van der Waals surface area contributed by atoms with Gasteiger partial charge in [-0.2, -0.15) is 0 Å². The largest absolute Gasteiger partial charge is 0.489 e. The Morgan fingerprint density at radius 2 is 2.18 bits per heavy atom. The fourth-order valence-corrected chi connectivity index (χ4v) is 1.68. The topological polar surface area (TPSA) is 93.8 Å². The molecule has 0 saturated carbocycles. The van der Waals surface area contributed by atoms with Crippen molar-refractivity contribution in [2.75, 3.05) is 32.1 Å². The maximum atomic E-state index is 11.6. The molecule has 6 nitrogen and oxygen atoms in total. The van der Waals surface area contributed by atoms with E-state index in [4.69, 9.17) is 20.3 Å². The van der Waals surface area contributed by atoms with Gasteiger partial charge in [-0.25, -0.2) is 0 Å².